The van der Waals surface area contributed by atoms with Crippen LogP contribution in [0.2, 0.25) is 0 Å². The zero-order valence-electron chi connectivity index (χ0n) is 36.1. The molecule has 0 fully saturated rings. The van der Waals surface area contributed by atoms with Gasteiger partial charge in [-0.1, -0.05) is 199 Å². The molecule has 4 rings (SSSR count). The van der Waals surface area contributed by atoms with Crippen molar-refractivity contribution in [1.29, 1.82) is 0 Å². The number of aromatic carboxylic acids is 1. The van der Waals surface area contributed by atoms with Crippen LogP contribution in [-0.2, 0) is 0 Å². The number of hydrogen-bond acceptors (Lipinski definition) is 4. The maximum Gasteiger partial charge on any atom is 0.336 e. The molecule has 0 spiro atoms. The predicted molar refractivity (Wildman–Crippen MR) is 244 cm³/mol. The first-order valence-corrected chi connectivity index (χ1v) is 23.6. The molecule has 2 aromatic rings. The maximum absolute atomic E-state index is 12.5. The molecule has 0 bridgehead atoms. The Kier molecular flexibility index (Phi) is 22.6. The summed E-state index contributed by atoms with van der Waals surface area (Å²) in [5.41, 5.74) is 4.07. The van der Waals surface area contributed by atoms with Crippen LogP contribution in [-0.4, -0.2) is 24.2 Å². The number of rotatable bonds is 33. The summed E-state index contributed by atoms with van der Waals surface area (Å²) >= 11 is 0. The van der Waals surface area contributed by atoms with Crippen LogP contribution in [0.4, 0.5) is 5.69 Å². The molecule has 0 aromatic heterocycles. The molecule has 1 aliphatic heterocycles. The van der Waals surface area contributed by atoms with Gasteiger partial charge in [-0.25, -0.2) is 4.79 Å². The van der Waals surface area contributed by atoms with Crippen molar-refractivity contribution >= 4 is 22.6 Å². The Morgan fingerprint density at radius 3 is 1.46 bits per heavy atom. The third-order valence-corrected chi connectivity index (χ3v) is 12.0. The SMILES string of the molecule is CCCCCCCCCCCCCCCCN(CCCCCCCCCCCCCCCC)c1ccc2c(-c3ccccc3C(=O)O)c3ccc(=O)cc-3oc2c1. The number of carboxylic acid groups (broad SMARTS) is 1. The summed E-state index contributed by atoms with van der Waals surface area (Å²) < 4.78 is 6.46. The number of carbonyl (C=O) groups is 1. The highest BCUT2D eigenvalue weighted by Gasteiger charge is 2.22. The van der Waals surface area contributed by atoms with Crippen LogP contribution in [0.1, 0.15) is 204 Å². The zero-order valence-corrected chi connectivity index (χ0v) is 36.1. The molecule has 1 heterocycles. The Morgan fingerprint density at radius 1 is 0.526 bits per heavy atom. The number of hydrogen-bond donors (Lipinski definition) is 1. The Labute approximate surface area is 346 Å². The van der Waals surface area contributed by atoms with Gasteiger partial charge in [0.25, 0.3) is 0 Å². The fourth-order valence-electron chi connectivity index (χ4n) is 8.60. The van der Waals surface area contributed by atoms with E-state index in [-0.39, 0.29) is 11.0 Å². The zero-order chi connectivity index (χ0) is 40.3. The average molecular weight is 780 g/mol. The molecule has 0 unspecified atom stereocenters. The minimum absolute atomic E-state index is 0.128. The minimum Gasteiger partial charge on any atom is -0.478 e. The summed E-state index contributed by atoms with van der Waals surface area (Å²) in [7, 11) is 0. The van der Waals surface area contributed by atoms with E-state index >= 15 is 0 Å². The van der Waals surface area contributed by atoms with Gasteiger partial charge in [-0.05, 0) is 48.7 Å². The second-order valence-electron chi connectivity index (χ2n) is 16.8. The molecule has 2 aliphatic rings. The van der Waals surface area contributed by atoms with Crippen molar-refractivity contribution in [1.82, 2.24) is 0 Å². The van der Waals surface area contributed by atoms with Crippen LogP contribution in [0, 0.1) is 0 Å². The van der Waals surface area contributed by atoms with Gasteiger partial charge >= 0.3 is 5.97 Å². The molecular weight excluding hydrogens is 703 g/mol. The summed E-state index contributed by atoms with van der Waals surface area (Å²) in [6, 6.07) is 18.3. The monoisotopic (exact) mass is 780 g/mol. The average Bonchev–Trinajstić information content (AvgIpc) is 3.22. The summed E-state index contributed by atoms with van der Waals surface area (Å²) in [6.07, 6.45) is 37.9. The highest BCUT2D eigenvalue weighted by Crippen LogP contribution is 2.42. The minimum atomic E-state index is -0.975. The summed E-state index contributed by atoms with van der Waals surface area (Å²) in [4.78, 5) is 27.3. The van der Waals surface area contributed by atoms with Crippen molar-refractivity contribution in [3.05, 3.63) is 76.5 Å². The van der Waals surface area contributed by atoms with Gasteiger partial charge in [0.1, 0.15) is 11.3 Å². The van der Waals surface area contributed by atoms with Crippen LogP contribution in [0.3, 0.4) is 0 Å². The molecule has 0 saturated carbocycles. The third kappa shape index (κ3) is 16.7. The molecular formula is C52H77NO4. The predicted octanol–water partition coefficient (Wildman–Crippen LogP) is 16.0. The number of benzene rings is 3. The van der Waals surface area contributed by atoms with Crippen molar-refractivity contribution in [3.63, 3.8) is 0 Å². The Morgan fingerprint density at radius 2 is 0.982 bits per heavy atom. The first-order chi connectivity index (χ1) is 28.0. The lowest BCUT2D eigenvalue weighted by Gasteiger charge is -2.26. The topological polar surface area (TPSA) is 70.8 Å². The first kappa shape index (κ1) is 46.1. The molecule has 0 amide bonds. The molecule has 0 radical (unpaired) electrons. The van der Waals surface area contributed by atoms with Crippen LogP contribution in [0.25, 0.3) is 33.4 Å². The normalized spacial score (nSPS) is 11.5. The second kappa shape index (κ2) is 27.9. The lowest BCUT2D eigenvalue weighted by Crippen LogP contribution is -2.25. The molecule has 314 valence electrons. The molecule has 1 N–H and O–H groups in total. The molecule has 5 nitrogen and oxygen atoms in total. The van der Waals surface area contributed by atoms with E-state index in [9.17, 15) is 14.7 Å². The van der Waals surface area contributed by atoms with Crippen LogP contribution >= 0.6 is 0 Å². The van der Waals surface area contributed by atoms with Gasteiger partial charge in [-0.2, -0.15) is 0 Å². The van der Waals surface area contributed by atoms with Crippen molar-refractivity contribution in [2.75, 3.05) is 18.0 Å². The third-order valence-electron chi connectivity index (χ3n) is 12.0. The van der Waals surface area contributed by atoms with Gasteiger partial charge in [-0.3, -0.25) is 4.79 Å². The Bertz CT molecular complexity index is 1680. The van der Waals surface area contributed by atoms with Gasteiger partial charge in [0.2, 0.25) is 0 Å². The Hall–Kier alpha value is -3.60. The quantitative estimate of drug-likeness (QED) is 0.0385. The smallest absolute Gasteiger partial charge is 0.336 e. The largest absolute Gasteiger partial charge is 0.478 e. The summed E-state index contributed by atoms with van der Waals surface area (Å²) in [5.74, 6) is -0.495. The Balaban J connectivity index is 1.35. The van der Waals surface area contributed by atoms with Crippen LogP contribution < -0.4 is 10.3 Å². The lowest BCUT2D eigenvalue weighted by atomic mass is 9.90. The molecule has 1 aliphatic carbocycles. The number of fused-ring (bicyclic) bond motifs is 2. The van der Waals surface area contributed by atoms with E-state index in [0.717, 1.165) is 35.3 Å². The summed E-state index contributed by atoms with van der Waals surface area (Å²) in [6.45, 7) is 6.59. The van der Waals surface area contributed by atoms with Gasteiger partial charge in [0, 0.05) is 47.4 Å². The fourth-order valence-corrected chi connectivity index (χ4v) is 8.60. The van der Waals surface area contributed by atoms with E-state index in [0.29, 0.717) is 16.9 Å². The van der Waals surface area contributed by atoms with Crippen molar-refractivity contribution in [2.24, 2.45) is 0 Å². The van der Waals surface area contributed by atoms with E-state index < -0.39 is 5.97 Å². The fraction of sp³-hybridized carbons (Fsp3) is 0.615. The van der Waals surface area contributed by atoms with E-state index in [1.165, 1.54) is 192 Å². The molecule has 57 heavy (non-hydrogen) atoms. The molecule has 2 aromatic carbocycles. The van der Waals surface area contributed by atoms with Gasteiger partial charge in [0.05, 0.1) is 5.56 Å². The number of unbranched alkanes of at least 4 members (excludes halogenated alkanes) is 26. The maximum atomic E-state index is 12.5. The van der Waals surface area contributed by atoms with Crippen molar-refractivity contribution in [2.45, 2.75) is 194 Å². The van der Waals surface area contributed by atoms with Gasteiger partial charge in [-0.15, -0.1) is 0 Å². The lowest BCUT2D eigenvalue weighted by molar-refractivity contribution is 0.0697. The number of anilines is 1. The van der Waals surface area contributed by atoms with Crippen LogP contribution in [0.15, 0.2) is 69.9 Å². The summed E-state index contributed by atoms with van der Waals surface area (Å²) in [5, 5.41) is 11.0. The van der Waals surface area contributed by atoms with E-state index in [1.54, 1.807) is 18.2 Å². The van der Waals surface area contributed by atoms with Gasteiger partial charge in [0.15, 0.2) is 5.43 Å². The highest BCUT2D eigenvalue weighted by molar-refractivity contribution is 6.07. The van der Waals surface area contributed by atoms with E-state index in [4.69, 9.17) is 4.42 Å². The van der Waals surface area contributed by atoms with Crippen LogP contribution in [0.5, 0.6) is 0 Å². The van der Waals surface area contributed by atoms with E-state index in [2.05, 4.69) is 36.9 Å². The number of carboxylic acids is 1. The van der Waals surface area contributed by atoms with Crippen molar-refractivity contribution < 1.29 is 14.3 Å². The second-order valence-corrected chi connectivity index (χ2v) is 16.8. The van der Waals surface area contributed by atoms with E-state index in [1.807, 2.05) is 12.1 Å². The molecule has 5 heteroatoms. The molecule has 0 saturated heterocycles. The van der Waals surface area contributed by atoms with Crippen molar-refractivity contribution in [3.8, 4) is 22.5 Å². The number of nitrogens with zero attached hydrogens (tertiary/aromatic N) is 1. The highest BCUT2D eigenvalue weighted by atomic mass is 16.4. The first-order valence-electron chi connectivity index (χ1n) is 23.6. The molecule has 0 atom stereocenters. The standard InChI is InChI=1S/C52H77NO4/c1-3-5-7-9-11-13-15-17-19-21-23-25-27-31-39-53(40-32-28-26-24-22-20-18-16-14-12-10-8-6-4-2)43-35-37-47-49(41-43)57-50-42-44(54)36-38-48(50)51(47)45-33-29-30-34-46(45)52(55)56/h29-30,33-38,41-42H,3-28,31-32,39-40H2,1-2H3,(H,55,56). The van der Waals surface area contributed by atoms with Gasteiger partial charge < -0.3 is 14.4 Å².